The molecular weight excluding hydrogens is 436 g/mol. The summed E-state index contributed by atoms with van der Waals surface area (Å²) >= 11 is 0. The van der Waals surface area contributed by atoms with Gasteiger partial charge in [0.15, 0.2) is 23.0 Å². The molecule has 0 unspecified atom stereocenters. The van der Waals surface area contributed by atoms with Crippen molar-refractivity contribution in [2.75, 3.05) is 27.9 Å². The molecule has 0 N–H and O–H groups in total. The summed E-state index contributed by atoms with van der Waals surface area (Å²) in [5.41, 5.74) is 2.71. The highest BCUT2D eigenvalue weighted by Gasteiger charge is 2.43. The number of para-hydroxylation sites is 1. The van der Waals surface area contributed by atoms with Crippen LogP contribution in [0.5, 0.6) is 28.7 Å². The second kappa shape index (κ2) is 8.85. The van der Waals surface area contributed by atoms with E-state index in [2.05, 4.69) is 6.07 Å². The van der Waals surface area contributed by atoms with Gasteiger partial charge in [0.05, 0.1) is 34.0 Å². The van der Waals surface area contributed by atoms with E-state index in [1.54, 1.807) is 21.3 Å². The number of ether oxygens (including phenoxy) is 5. The summed E-state index contributed by atoms with van der Waals surface area (Å²) < 4.78 is 35.1. The second-order valence-corrected chi connectivity index (χ2v) is 8.09. The molecule has 0 saturated heterocycles. The normalized spacial score (nSPS) is 18.5. The summed E-state index contributed by atoms with van der Waals surface area (Å²) in [6.45, 7) is 4.43. The van der Waals surface area contributed by atoms with Gasteiger partial charge in [0.1, 0.15) is 17.2 Å². The second-order valence-electron chi connectivity index (χ2n) is 8.09. The zero-order chi connectivity index (χ0) is 23.8. The SMILES string of the molecule is CCOc1cccc2c1O[C@H](c1cc(OC)c(OC)c(OC)c1)N1N=C(c3ccc(C)o3)C[C@@H]21. The molecule has 0 radical (unpaired) electrons. The topological polar surface area (TPSA) is 74.9 Å². The fourth-order valence-corrected chi connectivity index (χ4v) is 4.56. The van der Waals surface area contributed by atoms with Crippen molar-refractivity contribution in [3.8, 4) is 28.7 Å². The number of hydrogen-bond donors (Lipinski definition) is 0. The van der Waals surface area contributed by atoms with Crippen LogP contribution in [0.4, 0.5) is 0 Å². The van der Waals surface area contributed by atoms with Gasteiger partial charge in [-0.25, -0.2) is 5.01 Å². The number of aryl methyl sites for hydroxylation is 1. The Bertz CT molecular complexity index is 1210. The molecule has 2 aliphatic rings. The van der Waals surface area contributed by atoms with E-state index in [4.69, 9.17) is 33.2 Å². The summed E-state index contributed by atoms with van der Waals surface area (Å²) in [5, 5.41) is 6.94. The molecule has 1 aromatic heterocycles. The van der Waals surface area contributed by atoms with Crippen LogP contribution in [0.2, 0.25) is 0 Å². The average Bonchev–Trinajstić information content (AvgIpc) is 3.49. The van der Waals surface area contributed by atoms with Crippen molar-refractivity contribution in [1.29, 1.82) is 0 Å². The van der Waals surface area contributed by atoms with Gasteiger partial charge in [0.2, 0.25) is 12.0 Å². The molecule has 0 spiro atoms. The maximum absolute atomic E-state index is 6.59. The molecule has 34 heavy (non-hydrogen) atoms. The van der Waals surface area contributed by atoms with Crippen LogP contribution in [-0.2, 0) is 0 Å². The first-order chi connectivity index (χ1) is 16.6. The lowest BCUT2D eigenvalue weighted by Crippen LogP contribution is -2.34. The van der Waals surface area contributed by atoms with Crippen LogP contribution in [0.1, 0.15) is 48.3 Å². The number of hydrogen-bond acceptors (Lipinski definition) is 8. The van der Waals surface area contributed by atoms with Crippen molar-refractivity contribution in [1.82, 2.24) is 5.01 Å². The lowest BCUT2D eigenvalue weighted by molar-refractivity contribution is -0.0214. The Hall–Kier alpha value is -3.81. The molecule has 3 aromatic rings. The molecule has 178 valence electrons. The van der Waals surface area contributed by atoms with Crippen molar-refractivity contribution in [3.63, 3.8) is 0 Å². The molecule has 0 amide bonds. The zero-order valence-corrected chi connectivity index (χ0v) is 20.0. The molecule has 0 aliphatic carbocycles. The molecule has 2 aliphatic heterocycles. The molecule has 8 nitrogen and oxygen atoms in total. The Morgan fingerprint density at radius 3 is 2.38 bits per heavy atom. The summed E-state index contributed by atoms with van der Waals surface area (Å²) in [5.74, 6) is 4.65. The van der Waals surface area contributed by atoms with E-state index in [1.165, 1.54) is 0 Å². The maximum atomic E-state index is 6.59. The quantitative estimate of drug-likeness (QED) is 0.472. The minimum atomic E-state index is -0.540. The van der Waals surface area contributed by atoms with Crippen molar-refractivity contribution in [3.05, 3.63) is 65.1 Å². The van der Waals surface area contributed by atoms with E-state index in [-0.39, 0.29) is 6.04 Å². The lowest BCUT2D eigenvalue weighted by Gasteiger charge is -2.39. The fourth-order valence-electron chi connectivity index (χ4n) is 4.56. The van der Waals surface area contributed by atoms with Crippen molar-refractivity contribution >= 4 is 5.71 Å². The molecule has 0 fully saturated rings. The Morgan fingerprint density at radius 1 is 1.00 bits per heavy atom. The van der Waals surface area contributed by atoms with Gasteiger partial charge in [-0.1, -0.05) is 12.1 Å². The van der Waals surface area contributed by atoms with Crippen LogP contribution < -0.4 is 23.7 Å². The monoisotopic (exact) mass is 464 g/mol. The third-order valence-electron chi connectivity index (χ3n) is 6.08. The fraction of sp³-hybridized carbons (Fsp3) is 0.346. The first-order valence-electron chi connectivity index (χ1n) is 11.2. The van der Waals surface area contributed by atoms with E-state index in [0.717, 1.165) is 34.1 Å². The van der Waals surface area contributed by atoms with E-state index in [1.807, 2.05) is 55.3 Å². The molecule has 0 saturated carbocycles. The van der Waals surface area contributed by atoms with Gasteiger partial charge in [0, 0.05) is 17.5 Å². The number of furan rings is 1. The van der Waals surface area contributed by atoms with Gasteiger partial charge >= 0.3 is 0 Å². The van der Waals surface area contributed by atoms with Crippen LogP contribution in [0.3, 0.4) is 0 Å². The van der Waals surface area contributed by atoms with Crippen molar-refractivity contribution in [2.24, 2.45) is 5.10 Å². The Balaban J connectivity index is 1.65. The highest BCUT2D eigenvalue weighted by atomic mass is 16.5. The molecular formula is C26H28N2O6. The third-order valence-corrected chi connectivity index (χ3v) is 6.08. The predicted molar refractivity (Wildman–Crippen MR) is 126 cm³/mol. The molecule has 5 rings (SSSR count). The van der Waals surface area contributed by atoms with Gasteiger partial charge in [-0.05, 0) is 44.2 Å². The summed E-state index contributed by atoms with van der Waals surface area (Å²) in [6, 6.07) is 13.6. The van der Waals surface area contributed by atoms with Gasteiger partial charge < -0.3 is 28.1 Å². The third kappa shape index (κ3) is 3.59. The summed E-state index contributed by atoms with van der Waals surface area (Å²) in [7, 11) is 4.78. The van der Waals surface area contributed by atoms with E-state index in [9.17, 15) is 0 Å². The van der Waals surface area contributed by atoms with E-state index < -0.39 is 6.23 Å². The first kappa shape index (κ1) is 22.0. The Kier molecular flexibility index (Phi) is 5.73. The number of hydrazone groups is 1. The van der Waals surface area contributed by atoms with Crippen LogP contribution in [0.25, 0.3) is 0 Å². The Labute approximate surface area is 198 Å². The molecule has 2 aromatic carbocycles. The van der Waals surface area contributed by atoms with Gasteiger partial charge in [-0.15, -0.1) is 0 Å². The lowest BCUT2D eigenvalue weighted by atomic mass is 9.97. The smallest absolute Gasteiger partial charge is 0.214 e. The Morgan fingerprint density at radius 2 is 1.76 bits per heavy atom. The van der Waals surface area contributed by atoms with Crippen molar-refractivity contribution in [2.45, 2.75) is 32.5 Å². The van der Waals surface area contributed by atoms with Gasteiger partial charge in [0.25, 0.3) is 0 Å². The molecule has 8 heteroatoms. The number of methoxy groups -OCH3 is 3. The van der Waals surface area contributed by atoms with Gasteiger partial charge in [-0.2, -0.15) is 5.10 Å². The number of benzene rings is 2. The van der Waals surface area contributed by atoms with E-state index in [0.29, 0.717) is 36.0 Å². The summed E-state index contributed by atoms with van der Waals surface area (Å²) in [6.07, 6.45) is 0.140. The van der Waals surface area contributed by atoms with Crippen LogP contribution in [-0.4, -0.2) is 38.7 Å². The van der Waals surface area contributed by atoms with E-state index >= 15 is 0 Å². The predicted octanol–water partition coefficient (Wildman–Crippen LogP) is 5.25. The zero-order valence-electron chi connectivity index (χ0n) is 20.0. The highest BCUT2D eigenvalue weighted by Crippen LogP contribution is 2.52. The highest BCUT2D eigenvalue weighted by molar-refractivity contribution is 5.99. The minimum Gasteiger partial charge on any atom is -0.493 e. The number of fused-ring (bicyclic) bond motifs is 3. The first-order valence-corrected chi connectivity index (χ1v) is 11.2. The molecule has 2 atom stereocenters. The molecule has 3 heterocycles. The largest absolute Gasteiger partial charge is 0.493 e. The van der Waals surface area contributed by atoms with Crippen LogP contribution in [0, 0.1) is 6.92 Å². The van der Waals surface area contributed by atoms with Gasteiger partial charge in [-0.3, -0.25) is 0 Å². The van der Waals surface area contributed by atoms with Crippen LogP contribution >= 0.6 is 0 Å². The number of rotatable bonds is 7. The summed E-state index contributed by atoms with van der Waals surface area (Å²) in [4.78, 5) is 0. The van der Waals surface area contributed by atoms with Crippen molar-refractivity contribution < 1.29 is 28.1 Å². The maximum Gasteiger partial charge on any atom is 0.214 e. The average molecular weight is 465 g/mol. The van der Waals surface area contributed by atoms with Crippen LogP contribution in [0.15, 0.2) is 52.0 Å². The number of nitrogens with zero attached hydrogens (tertiary/aromatic N) is 2. The molecule has 0 bridgehead atoms. The standard InChI is InChI=1S/C26H28N2O6/c1-6-32-21-9-7-8-17-19-14-18(20-11-10-15(2)33-20)27-28(19)26(34-24(17)21)16-12-22(29-3)25(31-5)23(13-16)30-4/h7-13,19,26H,6,14H2,1-5H3/t19-,26+/m0/s1. The minimum absolute atomic E-state index is 0.0475.